The lowest BCUT2D eigenvalue weighted by atomic mass is 10.1. The highest BCUT2D eigenvalue weighted by Crippen LogP contribution is 2.21. The Morgan fingerprint density at radius 3 is 2.95 bits per heavy atom. The molecule has 2 aromatic heterocycles. The van der Waals surface area contributed by atoms with E-state index in [2.05, 4.69) is 46.9 Å². The van der Waals surface area contributed by atoms with E-state index in [-0.39, 0.29) is 0 Å². The molecule has 0 unspecified atom stereocenters. The Hall–Kier alpha value is -1.65. The van der Waals surface area contributed by atoms with E-state index in [1.54, 1.807) is 11.3 Å². The second kappa shape index (κ2) is 5.15. The first-order valence-corrected chi connectivity index (χ1v) is 7.33. The van der Waals surface area contributed by atoms with Crippen LogP contribution in [0.25, 0.3) is 10.9 Å². The summed E-state index contributed by atoms with van der Waals surface area (Å²) in [6, 6.07) is 8.48. The lowest BCUT2D eigenvalue weighted by Gasteiger charge is -2.08. The van der Waals surface area contributed by atoms with Crippen LogP contribution in [-0.4, -0.2) is 9.55 Å². The summed E-state index contributed by atoms with van der Waals surface area (Å²) in [5.74, 6) is 0. The number of para-hydroxylation sites is 1. The monoisotopic (exact) mass is 271 g/mol. The van der Waals surface area contributed by atoms with Crippen LogP contribution in [0.5, 0.6) is 0 Å². The highest BCUT2D eigenvalue weighted by molar-refractivity contribution is 7.09. The first-order chi connectivity index (χ1) is 9.29. The zero-order chi connectivity index (χ0) is 13.2. The number of hydrogen-bond donors (Lipinski definition) is 1. The Kier molecular flexibility index (Phi) is 3.36. The van der Waals surface area contributed by atoms with Gasteiger partial charge >= 0.3 is 0 Å². The van der Waals surface area contributed by atoms with Crippen LogP contribution in [0.1, 0.15) is 16.1 Å². The van der Waals surface area contributed by atoms with Gasteiger partial charge in [-0.1, -0.05) is 18.2 Å². The van der Waals surface area contributed by atoms with Crippen molar-refractivity contribution in [2.75, 3.05) is 0 Å². The summed E-state index contributed by atoms with van der Waals surface area (Å²) < 4.78 is 2.30. The summed E-state index contributed by atoms with van der Waals surface area (Å²) in [7, 11) is 0. The zero-order valence-electron chi connectivity index (χ0n) is 11.0. The summed E-state index contributed by atoms with van der Waals surface area (Å²) in [5.41, 5.74) is 11.4. The van der Waals surface area contributed by atoms with E-state index in [9.17, 15) is 0 Å². The molecule has 0 aliphatic carbocycles. The van der Waals surface area contributed by atoms with E-state index in [4.69, 9.17) is 5.73 Å². The minimum atomic E-state index is 0.584. The molecule has 0 atom stereocenters. The standard InChI is InChI=1S/C15H17N3S/c1-11-14(19-10-17-11)6-8-18-7-5-12-3-2-4-13(9-16)15(12)18/h2-5,7,10H,6,8-9,16H2,1H3. The topological polar surface area (TPSA) is 43.8 Å². The molecule has 3 aromatic rings. The molecule has 0 amide bonds. The molecule has 0 fully saturated rings. The highest BCUT2D eigenvalue weighted by atomic mass is 32.1. The fourth-order valence-corrected chi connectivity index (χ4v) is 3.25. The fourth-order valence-electron chi connectivity index (χ4n) is 2.48. The Morgan fingerprint density at radius 1 is 1.32 bits per heavy atom. The van der Waals surface area contributed by atoms with Gasteiger partial charge in [0.05, 0.1) is 16.7 Å². The minimum Gasteiger partial charge on any atom is -0.347 e. The van der Waals surface area contributed by atoms with E-state index >= 15 is 0 Å². The van der Waals surface area contributed by atoms with Gasteiger partial charge in [0.15, 0.2) is 0 Å². The lowest BCUT2D eigenvalue weighted by Crippen LogP contribution is -2.04. The third-order valence-corrected chi connectivity index (χ3v) is 4.51. The van der Waals surface area contributed by atoms with E-state index in [0.717, 1.165) is 18.7 Å². The van der Waals surface area contributed by atoms with Crippen LogP contribution < -0.4 is 5.73 Å². The number of aryl methyl sites for hydroxylation is 3. The molecule has 19 heavy (non-hydrogen) atoms. The molecule has 0 aliphatic heterocycles. The van der Waals surface area contributed by atoms with Crippen LogP contribution in [0.15, 0.2) is 36.0 Å². The largest absolute Gasteiger partial charge is 0.347 e. The van der Waals surface area contributed by atoms with Gasteiger partial charge in [0, 0.05) is 30.6 Å². The number of rotatable bonds is 4. The Bertz CT molecular complexity index is 696. The number of nitrogens with two attached hydrogens (primary N) is 1. The number of thiazole rings is 1. The van der Waals surface area contributed by atoms with E-state index in [0.29, 0.717) is 6.54 Å². The molecular formula is C15H17N3S. The average molecular weight is 271 g/mol. The van der Waals surface area contributed by atoms with Crippen molar-refractivity contribution in [3.8, 4) is 0 Å². The third-order valence-electron chi connectivity index (χ3n) is 3.52. The lowest BCUT2D eigenvalue weighted by molar-refractivity contribution is 0.723. The molecule has 0 radical (unpaired) electrons. The van der Waals surface area contributed by atoms with Gasteiger partial charge in [-0.3, -0.25) is 0 Å². The average Bonchev–Trinajstić information content (AvgIpc) is 3.02. The fraction of sp³-hybridized carbons (Fsp3) is 0.267. The van der Waals surface area contributed by atoms with Crippen molar-refractivity contribution in [1.29, 1.82) is 0 Å². The molecule has 3 rings (SSSR count). The molecule has 0 bridgehead atoms. The summed E-state index contributed by atoms with van der Waals surface area (Å²) in [5, 5.41) is 1.27. The van der Waals surface area contributed by atoms with Gasteiger partial charge in [0.2, 0.25) is 0 Å². The van der Waals surface area contributed by atoms with Crippen molar-refractivity contribution in [2.24, 2.45) is 5.73 Å². The van der Waals surface area contributed by atoms with E-state index < -0.39 is 0 Å². The number of hydrogen-bond acceptors (Lipinski definition) is 3. The molecule has 0 saturated heterocycles. The summed E-state index contributed by atoms with van der Waals surface area (Å²) in [6.45, 7) is 3.63. The molecule has 98 valence electrons. The molecule has 0 spiro atoms. The number of aromatic nitrogens is 2. The zero-order valence-corrected chi connectivity index (χ0v) is 11.8. The molecular weight excluding hydrogens is 254 g/mol. The molecule has 1 aromatic carbocycles. The molecule has 3 nitrogen and oxygen atoms in total. The Balaban J connectivity index is 1.91. The maximum atomic E-state index is 5.84. The van der Waals surface area contributed by atoms with Gasteiger partial charge in [-0.2, -0.15) is 0 Å². The van der Waals surface area contributed by atoms with Crippen LogP contribution in [0.4, 0.5) is 0 Å². The molecule has 0 saturated carbocycles. The summed E-state index contributed by atoms with van der Waals surface area (Å²) in [4.78, 5) is 5.67. The quantitative estimate of drug-likeness (QED) is 0.792. The maximum absolute atomic E-state index is 5.84. The van der Waals surface area contributed by atoms with Crippen molar-refractivity contribution in [3.05, 3.63) is 52.1 Å². The van der Waals surface area contributed by atoms with Gasteiger partial charge < -0.3 is 10.3 Å². The normalized spacial score (nSPS) is 11.3. The first-order valence-electron chi connectivity index (χ1n) is 6.45. The molecule has 2 heterocycles. The van der Waals surface area contributed by atoms with Gasteiger partial charge in [0.25, 0.3) is 0 Å². The third kappa shape index (κ3) is 2.29. The summed E-state index contributed by atoms with van der Waals surface area (Å²) in [6.07, 6.45) is 3.18. The predicted octanol–water partition coefficient (Wildman–Crippen LogP) is 3.11. The van der Waals surface area contributed by atoms with Crippen molar-refractivity contribution >= 4 is 22.2 Å². The second-order valence-corrected chi connectivity index (χ2v) is 5.62. The number of nitrogens with zero attached hydrogens (tertiary/aromatic N) is 2. The van der Waals surface area contributed by atoms with Gasteiger partial charge in [-0.15, -0.1) is 11.3 Å². The van der Waals surface area contributed by atoms with Gasteiger partial charge in [-0.05, 0) is 23.9 Å². The van der Waals surface area contributed by atoms with E-state index in [1.807, 2.05) is 5.51 Å². The minimum absolute atomic E-state index is 0.584. The maximum Gasteiger partial charge on any atom is 0.0797 e. The van der Waals surface area contributed by atoms with Crippen molar-refractivity contribution < 1.29 is 0 Å². The van der Waals surface area contributed by atoms with Crippen LogP contribution in [-0.2, 0) is 19.5 Å². The molecule has 2 N–H and O–H groups in total. The van der Waals surface area contributed by atoms with Crippen LogP contribution in [0, 0.1) is 6.92 Å². The van der Waals surface area contributed by atoms with Crippen LogP contribution >= 0.6 is 11.3 Å². The summed E-state index contributed by atoms with van der Waals surface area (Å²) >= 11 is 1.74. The molecule has 0 aliphatic rings. The predicted molar refractivity (Wildman–Crippen MR) is 80.4 cm³/mol. The Morgan fingerprint density at radius 2 is 2.21 bits per heavy atom. The van der Waals surface area contributed by atoms with E-state index in [1.165, 1.54) is 21.3 Å². The van der Waals surface area contributed by atoms with Gasteiger partial charge in [-0.25, -0.2) is 4.98 Å². The van der Waals surface area contributed by atoms with Crippen molar-refractivity contribution in [1.82, 2.24) is 9.55 Å². The Labute approximate surface area is 116 Å². The van der Waals surface area contributed by atoms with Gasteiger partial charge in [0.1, 0.15) is 0 Å². The number of benzene rings is 1. The smallest absolute Gasteiger partial charge is 0.0797 e. The first kappa shape index (κ1) is 12.4. The number of fused-ring (bicyclic) bond motifs is 1. The van der Waals surface area contributed by atoms with Crippen LogP contribution in [0.3, 0.4) is 0 Å². The van der Waals surface area contributed by atoms with Crippen LogP contribution in [0.2, 0.25) is 0 Å². The highest BCUT2D eigenvalue weighted by Gasteiger charge is 2.07. The second-order valence-electron chi connectivity index (χ2n) is 4.68. The van der Waals surface area contributed by atoms with Crippen molar-refractivity contribution in [3.63, 3.8) is 0 Å². The SMILES string of the molecule is Cc1ncsc1CCn1ccc2cccc(CN)c21. The molecule has 4 heteroatoms. The van der Waals surface area contributed by atoms with Crippen molar-refractivity contribution in [2.45, 2.75) is 26.4 Å².